The molecular formula is C14H8N4O2. The van der Waals surface area contributed by atoms with Gasteiger partial charge in [0.1, 0.15) is 17.3 Å². The number of nitrogens with zero attached hydrogens (tertiary/aromatic N) is 3. The summed E-state index contributed by atoms with van der Waals surface area (Å²) in [5.74, 6) is -0.353. The average molecular weight is 264 g/mol. The van der Waals surface area contributed by atoms with Crippen LogP contribution in [0.15, 0.2) is 47.3 Å². The number of fused-ring (bicyclic) bond motifs is 1. The van der Waals surface area contributed by atoms with E-state index in [1.165, 1.54) is 18.7 Å². The van der Waals surface area contributed by atoms with Crippen LogP contribution in [0.2, 0.25) is 0 Å². The zero-order chi connectivity index (χ0) is 13.9. The van der Waals surface area contributed by atoms with E-state index < -0.39 is 0 Å². The molecule has 6 nitrogen and oxygen atoms in total. The second kappa shape index (κ2) is 4.82. The molecule has 1 aromatic carbocycles. The first-order valence-corrected chi connectivity index (χ1v) is 5.77. The van der Waals surface area contributed by atoms with Crippen molar-refractivity contribution in [2.24, 2.45) is 0 Å². The van der Waals surface area contributed by atoms with Crippen LogP contribution in [-0.2, 0) is 0 Å². The van der Waals surface area contributed by atoms with Gasteiger partial charge in [-0.2, -0.15) is 5.26 Å². The maximum Gasteiger partial charge on any atom is 0.274 e. The molecule has 0 radical (unpaired) electrons. The van der Waals surface area contributed by atoms with Crippen molar-refractivity contribution in [1.29, 1.82) is 5.26 Å². The fraction of sp³-hybridized carbons (Fsp3) is 0. The predicted octanol–water partition coefficient (Wildman–Crippen LogP) is 2.35. The fourth-order valence-electron chi connectivity index (χ4n) is 1.72. The van der Waals surface area contributed by atoms with Gasteiger partial charge in [0, 0.05) is 18.0 Å². The van der Waals surface area contributed by atoms with E-state index in [1.54, 1.807) is 24.3 Å². The molecule has 0 saturated carbocycles. The van der Waals surface area contributed by atoms with Gasteiger partial charge >= 0.3 is 0 Å². The van der Waals surface area contributed by atoms with E-state index in [9.17, 15) is 4.79 Å². The van der Waals surface area contributed by atoms with E-state index >= 15 is 0 Å². The van der Waals surface area contributed by atoms with Crippen LogP contribution in [0.4, 0.5) is 5.69 Å². The predicted molar refractivity (Wildman–Crippen MR) is 70.9 cm³/mol. The molecule has 0 spiro atoms. The van der Waals surface area contributed by atoms with E-state index in [1.807, 2.05) is 6.07 Å². The summed E-state index contributed by atoms with van der Waals surface area (Å²) in [6.45, 7) is 0. The molecule has 3 rings (SSSR count). The highest BCUT2D eigenvalue weighted by Crippen LogP contribution is 2.18. The van der Waals surface area contributed by atoms with Crippen molar-refractivity contribution in [3.05, 3.63) is 54.2 Å². The summed E-state index contributed by atoms with van der Waals surface area (Å²) in [5, 5.41) is 11.4. The number of hydrogen-bond donors (Lipinski definition) is 1. The lowest BCUT2D eigenvalue weighted by Crippen LogP contribution is -2.13. The molecule has 0 saturated heterocycles. The van der Waals surface area contributed by atoms with Crippen LogP contribution >= 0.6 is 0 Å². The molecule has 0 aliphatic heterocycles. The molecule has 0 unspecified atom stereocenters. The van der Waals surface area contributed by atoms with Gasteiger partial charge in [0.15, 0.2) is 12.0 Å². The molecule has 0 fully saturated rings. The number of aromatic nitrogens is 2. The van der Waals surface area contributed by atoms with Gasteiger partial charge in [-0.05, 0) is 24.3 Å². The molecule has 2 heterocycles. The maximum absolute atomic E-state index is 12.0. The first kappa shape index (κ1) is 11.9. The number of hydrogen-bond acceptors (Lipinski definition) is 5. The summed E-state index contributed by atoms with van der Waals surface area (Å²) in [6.07, 6.45) is 2.70. The molecule has 1 N–H and O–H groups in total. The lowest BCUT2D eigenvalue weighted by atomic mass is 10.2. The van der Waals surface area contributed by atoms with Gasteiger partial charge < -0.3 is 9.73 Å². The van der Waals surface area contributed by atoms with Gasteiger partial charge in [0.2, 0.25) is 0 Å². The van der Waals surface area contributed by atoms with Crippen LogP contribution in [0, 0.1) is 11.3 Å². The molecular weight excluding hydrogens is 256 g/mol. The molecule has 0 aliphatic carbocycles. The molecule has 20 heavy (non-hydrogen) atoms. The van der Waals surface area contributed by atoms with Crippen LogP contribution < -0.4 is 5.32 Å². The van der Waals surface area contributed by atoms with Gasteiger partial charge in [-0.25, -0.2) is 9.97 Å². The first-order valence-electron chi connectivity index (χ1n) is 5.77. The Morgan fingerprint density at radius 1 is 1.25 bits per heavy atom. The Morgan fingerprint density at radius 3 is 2.90 bits per heavy atom. The minimum Gasteiger partial charge on any atom is -0.443 e. The third-order valence-corrected chi connectivity index (χ3v) is 2.71. The van der Waals surface area contributed by atoms with Crippen molar-refractivity contribution < 1.29 is 9.21 Å². The number of amides is 1. The number of nitriles is 1. The highest BCUT2D eigenvalue weighted by molar-refractivity contribution is 6.03. The Kier molecular flexibility index (Phi) is 2.86. The van der Waals surface area contributed by atoms with Crippen molar-refractivity contribution >= 4 is 22.7 Å². The Balaban J connectivity index is 1.82. The minimum atomic E-state index is -0.353. The van der Waals surface area contributed by atoms with Gasteiger partial charge in [0.25, 0.3) is 5.91 Å². The highest BCUT2D eigenvalue weighted by Gasteiger charge is 2.08. The Labute approximate surface area is 113 Å². The number of pyridine rings is 1. The molecule has 0 bridgehead atoms. The average Bonchev–Trinajstić information content (AvgIpc) is 2.95. The number of rotatable bonds is 2. The van der Waals surface area contributed by atoms with E-state index in [4.69, 9.17) is 9.68 Å². The lowest BCUT2D eigenvalue weighted by Gasteiger charge is -2.04. The molecule has 3 aromatic rings. The number of benzene rings is 1. The number of oxazole rings is 1. The smallest absolute Gasteiger partial charge is 0.274 e. The van der Waals surface area contributed by atoms with E-state index in [-0.39, 0.29) is 11.6 Å². The summed E-state index contributed by atoms with van der Waals surface area (Å²) in [6, 6.07) is 10.2. The normalized spacial score (nSPS) is 10.2. The topological polar surface area (TPSA) is 91.8 Å². The second-order valence-electron chi connectivity index (χ2n) is 4.03. The van der Waals surface area contributed by atoms with Gasteiger partial charge in [-0.15, -0.1) is 0 Å². The Bertz CT molecular complexity index is 815. The Morgan fingerprint density at radius 2 is 2.15 bits per heavy atom. The monoisotopic (exact) mass is 264 g/mol. The number of nitrogens with one attached hydrogen (secondary N) is 1. The minimum absolute atomic E-state index is 0.238. The molecule has 96 valence electrons. The zero-order valence-corrected chi connectivity index (χ0v) is 10.2. The Hall–Kier alpha value is -3.20. The van der Waals surface area contributed by atoms with Crippen LogP contribution in [-0.4, -0.2) is 15.9 Å². The summed E-state index contributed by atoms with van der Waals surface area (Å²) >= 11 is 0. The van der Waals surface area contributed by atoms with Crippen LogP contribution in [0.5, 0.6) is 0 Å². The molecule has 1 amide bonds. The van der Waals surface area contributed by atoms with Crippen molar-refractivity contribution in [2.45, 2.75) is 0 Å². The van der Waals surface area contributed by atoms with Crippen LogP contribution in [0.1, 0.15) is 16.1 Å². The highest BCUT2D eigenvalue weighted by atomic mass is 16.3. The first-order chi connectivity index (χ1) is 9.76. The van der Waals surface area contributed by atoms with Crippen LogP contribution in [0.3, 0.4) is 0 Å². The lowest BCUT2D eigenvalue weighted by molar-refractivity contribution is 0.102. The largest absolute Gasteiger partial charge is 0.443 e. The molecule has 2 aromatic heterocycles. The summed E-state index contributed by atoms with van der Waals surface area (Å²) in [7, 11) is 0. The third kappa shape index (κ3) is 2.20. The molecule has 6 heteroatoms. The van der Waals surface area contributed by atoms with Crippen molar-refractivity contribution in [3.8, 4) is 6.07 Å². The van der Waals surface area contributed by atoms with Crippen LogP contribution in [0.25, 0.3) is 11.1 Å². The van der Waals surface area contributed by atoms with E-state index in [0.717, 1.165) is 5.52 Å². The number of carbonyl (C=O) groups excluding carboxylic acids is 1. The van der Waals surface area contributed by atoms with Crippen molar-refractivity contribution in [2.75, 3.05) is 5.32 Å². The van der Waals surface area contributed by atoms with E-state index in [0.29, 0.717) is 16.8 Å². The summed E-state index contributed by atoms with van der Waals surface area (Å²) < 4.78 is 5.16. The fourth-order valence-corrected chi connectivity index (χ4v) is 1.72. The molecule has 0 atom stereocenters. The van der Waals surface area contributed by atoms with Gasteiger partial charge in [0.05, 0.1) is 5.56 Å². The molecule has 0 aliphatic rings. The summed E-state index contributed by atoms with van der Waals surface area (Å²) in [4.78, 5) is 19.9. The number of carbonyl (C=O) groups is 1. The van der Waals surface area contributed by atoms with Gasteiger partial charge in [-0.3, -0.25) is 4.79 Å². The summed E-state index contributed by atoms with van der Waals surface area (Å²) in [5.41, 5.74) is 2.55. The van der Waals surface area contributed by atoms with Crippen molar-refractivity contribution in [1.82, 2.24) is 9.97 Å². The third-order valence-electron chi connectivity index (χ3n) is 2.71. The van der Waals surface area contributed by atoms with Crippen molar-refractivity contribution in [3.63, 3.8) is 0 Å². The maximum atomic E-state index is 12.0. The SMILES string of the molecule is N#Cc1ccc(C(=O)Nc2ccc3ncoc3c2)nc1. The quantitative estimate of drug-likeness (QED) is 0.767. The second-order valence-corrected chi connectivity index (χ2v) is 4.03. The standard InChI is InChI=1S/C14H8N4O2/c15-6-9-1-3-12(16-7-9)14(19)18-10-2-4-11-13(5-10)20-8-17-11/h1-5,7-8H,(H,18,19). The zero-order valence-electron chi connectivity index (χ0n) is 10.2. The van der Waals surface area contributed by atoms with E-state index in [2.05, 4.69) is 15.3 Å². The number of anilines is 1. The van der Waals surface area contributed by atoms with Gasteiger partial charge in [-0.1, -0.05) is 0 Å².